The van der Waals surface area contributed by atoms with Crippen molar-refractivity contribution in [2.45, 2.75) is 18.8 Å². The lowest BCUT2D eigenvalue weighted by molar-refractivity contribution is -0.143. The maximum absolute atomic E-state index is 12.0. The molecule has 1 fully saturated rings. The van der Waals surface area contributed by atoms with Gasteiger partial charge in [-0.3, -0.25) is 9.59 Å². The van der Waals surface area contributed by atoms with Crippen molar-refractivity contribution in [2.24, 2.45) is 5.92 Å². The molecule has 2 atom stereocenters. The fraction of sp³-hybridized carbons (Fsp3) is 0.385. The Hall–Kier alpha value is -1.84. The van der Waals surface area contributed by atoms with Crippen molar-refractivity contribution in [3.63, 3.8) is 0 Å². The summed E-state index contributed by atoms with van der Waals surface area (Å²) in [4.78, 5) is 23.6. The van der Waals surface area contributed by atoms with Gasteiger partial charge in [0.1, 0.15) is 0 Å². The molecule has 1 N–H and O–H groups in total. The van der Waals surface area contributed by atoms with Crippen LogP contribution in [0.5, 0.6) is 0 Å². The number of carbonyl (C=O) groups is 2. The van der Waals surface area contributed by atoms with Crippen LogP contribution in [0.2, 0.25) is 0 Å². The molecule has 1 saturated carbocycles. The minimum Gasteiger partial charge on any atom is -0.469 e. The number of benzene rings is 1. The third-order valence-electron chi connectivity index (χ3n) is 3.76. The van der Waals surface area contributed by atoms with Gasteiger partial charge < -0.3 is 10.1 Å². The average Bonchev–Trinajstić information content (AvgIpc) is 3.00. The van der Waals surface area contributed by atoms with Crippen molar-refractivity contribution in [3.8, 4) is 0 Å². The predicted octanol–water partition coefficient (Wildman–Crippen LogP) is 1.38. The van der Waals surface area contributed by atoms with Crippen molar-refractivity contribution >= 4 is 17.6 Å². The zero-order valence-electron chi connectivity index (χ0n) is 9.74. The normalized spacial score (nSPS) is 28.8. The zero-order valence-corrected chi connectivity index (χ0v) is 9.74. The molecule has 0 bridgehead atoms. The highest BCUT2D eigenvalue weighted by Gasteiger charge is 2.68. The topological polar surface area (TPSA) is 55.4 Å². The van der Waals surface area contributed by atoms with Crippen molar-refractivity contribution in [2.75, 3.05) is 12.4 Å². The SMILES string of the molecule is COC(=O)C1CC12C(=O)Nc1ccc(C)cc12. The van der Waals surface area contributed by atoms with E-state index in [-0.39, 0.29) is 17.8 Å². The van der Waals surface area contributed by atoms with Gasteiger partial charge in [-0.15, -0.1) is 0 Å². The number of hydrogen-bond donors (Lipinski definition) is 1. The van der Waals surface area contributed by atoms with Crippen LogP contribution in [-0.4, -0.2) is 19.0 Å². The number of esters is 1. The van der Waals surface area contributed by atoms with Crippen LogP contribution in [0, 0.1) is 12.8 Å². The minimum absolute atomic E-state index is 0.0755. The standard InChI is InChI=1S/C13H13NO3/c1-7-3-4-10-8(5-7)13(12(16)14-10)6-9(13)11(15)17-2/h3-5,9H,6H2,1-2H3,(H,14,16). The number of anilines is 1. The van der Waals surface area contributed by atoms with Gasteiger partial charge in [0, 0.05) is 5.69 Å². The zero-order chi connectivity index (χ0) is 12.2. The Bertz CT molecular complexity index is 537. The van der Waals surface area contributed by atoms with E-state index in [0.717, 1.165) is 16.8 Å². The highest BCUT2D eigenvalue weighted by Crippen LogP contribution is 2.60. The lowest BCUT2D eigenvalue weighted by atomic mass is 9.93. The van der Waals surface area contributed by atoms with Crippen LogP contribution in [0.1, 0.15) is 17.5 Å². The molecule has 1 heterocycles. The minimum atomic E-state index is -0.658. The lowest BCUT2D eigenvalue weighted by Gasteiger charge is -2.07. The van der Waals surface area contributed by atoms with Crippen molar-refractivity contribution < 1.29 is 14.3 Å². The summed E-state index contributed by atoms with van der Waals surface area (Å²) in [7, 11) is 1.36. The summed E-state index contributed by atoms with van der Waals surface area (Å²) in [6, 6.07) is 5.83. The maximum Gasteiger partial charge on any atom is 0.310 e. The lowest BCUT2D eigenvalue weighted by Crippen LogP contribution is -2.24. The van der Waals surface area contributed by atoms with Crippen LogP contribution in [-0.2, 0) is 19.7 Å². The summed E-state index contributed by atoms with van der Waals surface area (Å²) in [6.45, 7) is 1.98. The molecule has 2 unspecified atom stereocenters. The summed E-state index contributed by atoms with van der Waals surface area (Å²) < 4.78 is 4.74. The molecule has 1 aliphatic heterocycles. The van der Waals surface area contributed by atoms with Crippen LogP contribution in [0.15, 0.2) is 18.2 Å². The molecular formula is C13H13NO3. The van der Waals surface area contributed by atoms with Gasteiger partial charge >= 0.3 is 5.97 Å². The Labute approximate surface area is 99.0 Å². The molecule has 1 aromatic carbocycles. The van der Waals surface area contributed by atoms with E-state index >= 15 is 0 Å². The van der Waals surface area contributed by atoms with Crippen LogP contribution in [0.25, 0.3) is 0 Å². The highest BCUT2D eigenvalue weighted by molar-refractivity contribution is 6.12. The largest absolute Gasteiger partial charge is 0.469 e. The first-order valence-corrected chi connectivity index (χ1v) is 5.60. The fourth-order valence-electron chi connectivity index (χ4n) is 2.73. The summed E-state index contributed by atoms with van der Waals surface area (Å²) in [6.07, 6.45) is 0.558. The Morgan fingerprint density at radius 3 is 3.00 bits per heavy atom. The molecule has 17 heavy (non-hydrogen) atoms. The molecule has 1 aliphatic carbocycles. The number of amides is 1. The van der Waals surface area contributed by atoms with E-state index in [4.69, 9.17) is 4.74 Å². The summed E-state index contributed by atoms with van der Waals surface area (Å²) >= 11 is 0. The molecule has 1 spiro atoms. The van der Waals surface area contributed by atoms with Crippen LogP contribution in [0.3, 0.4) is 0 Å². The van der Waals surface area contributed by atoms with Crippen molar-refractivity contribution in [3.05, 3.63) is 29.3 Å². The fourth-order valence-corrected chi connectivity index (χ4v) is 2.73. The van der Waals surface area contributed by atoms with E-state index in [1.54, 1.807) is 0 Å². The number of hydrogen-bond acceptors (Lipinski definition) is 3. The van der Waals surface area contributed by atoms with Gasteiger partial charge in [-0.2, -0.15) is 0 Å². The second-order valence-electron chi connectivity index (χ2n) is 4.75. The van der Waals surface area contributed by atoms with Crippen LogP contribution >= 0.6 is 0 Å². The molecule has 1 amide bonds. The molecule has 1 aromatic rings. The Balaban J connectivity index is 2.07. The third-order valence-corrected chi connectivity index (χ3v) is 3.76. The number of carbonyl (C=O) groups excluding carboxylic acids is 2. The number of rotatable bonds is 1. The summed E-state index contributed by atoms with van der Waals surface area (Å²) in [5, 5.41) is 2.84. The van der Waals surface area contributed by atoms with Gasteiger partial charge in [0.15, 0.2) is 0 Å². The Morgan fingerprint density at radius 2 is 2.29 bits per heavy atom. The van der Waals surface area contributed by atoms with Crippen LogP contribution in [0.4, 0.5) is 5.69 Å². The summed E-state index contributed by atoms with van der Waals surface area (Å²) in [5.41, 5.74) is 2.20. The Morgan fingerprint density at radius 1 is 1.53 bits per heavy atom. The first-order valence-electron chi connectivity index (χ1n) is 5.60. The van der Waals surface area contributed by atoms with E-state index < -0.39 is 5.41 Å². The van der Waals surface area contributed by atoms with Crippen molar-refractivity contribution in [1.82, 2.24) is 0 Å². The molecule has 4 heteroatoms. The number of fused-ring (bicyclic) bond motifs is 2. The predicted molar refractivity (Wildman–Crippen MR) is 61.6 cm³/mol. The van der Waals surface area contributed by atoms with Gasteiger partial charge in [-0.25, -0.2) is 0 Å². The van der Waals surface area contributed by atoms with Gasteiger partial charge in [0.25, 0.3) is 0 Å². The second kappa shape index (κ2) is 3.09. The number of ether oxygens (including phenoxy) is 1. The summed E-state index contributed by atoms with van der Waals surface area (Å²) in [5.74, 6) is -0.696. The van der Waals surface area contributed by atoms with E-state index in [2.05, 4.69) is 5.32 Å². The highest BCUT2D eigenvalue weighted by atomic mass is 16.5. The van der Waals surface area contributed by atoms with E-state index in [1.165, 1.54) is 7.11 Å². The first kappa shape index (κ1) is 10.3. The third kappa shape index (κ3) is 1.18. The molecule has 0 aromatic heterocycles. The molecule has 2 aliphatic rings. The number of methoxy groups -OCH3 is 1. The second-order valence-corrected chi connectivity index (χ2v) is 4.75. The van der Waals surface area contributed by atoms with Crippen molar-refractivity contribution in [1.29, 1.82) is 0 Å². The van der Waals surface area contributed by atoms with Crippen LogP contribution < -0.4 is 5.32 Å². The van der Waals surface area contributed by atoms with Gasteiger partial charge in [0.05, 0.1) is 18.4 Å². The molecule has 3 rings (SSSR count). The molecule has 0 radical (unpaired) electrons. The molecule has 88 valence electrons. The van der Waals surface area contributed by atoms with Gasteiger partial charge in [-0.05, 0) is 25.0 Å². The smallest absolute Gasteiger partial charge is 0.310 e. The van der Waals surface area contributed by atoms with Gasteiger partial charge in [0.2, 0.25) is 5.91 Å². The number of nitrogens with one attached hydrogen (secondary N) is 1. The van der Waals surface area contributed by atoms with Gasteiger partial charge in [-0.1, -0.05) is 17.7 Å². The maximum atomic E-state index is 12.0. The van der Waals surface area contributed by atoms with E-state index in [1.807, 2.05) is 25.1 Å². The quantitative estimate of drug-likeness (QED) is 0.743. The average molecular weight is 231 g/mol. The Kier molecular flexibility index (Phi) is 1.88. The number of aryl methyl sites for hydroxylation is 1. The monoisotopic (exact) mass is 231 g/mol. The van der Waals surface area contributed by atoms with E-state index in [9.17, 15) is 9.59 Å². The first-order chi connectivity index (χ1) is 8.09. The molecular weight excluding hydrogens is 218 g/mol. The van der Waals surface area contributed by atoms with E-state index in [0.29, 0.717) is 6.42 Å². The molecule has 0 saturated heterocycles. The molecule has 4 nitrogen and oxygen atoms in total.